The summed E-state index contributed by atoms with van der Waals surface area (Å²) in [6.45, 7) is 11.9. The largest absolute Gasteiger partial charge is 0.497 e. The van der Waals surface area contributed by atoms with Gasteiger partial charge in [-0.15, -0.1) is 0 Å². The lowest BCUT2D eigenvalue weighted by molar-refractivity contribution is -0.157. The summed E-state index contributed by atoms with van der Waals surface area (Å²) in [5, 5.41) is 2.85. The third-order valence-electron chi connectivity index (χ3n) is 8.99. The zero-order valence-electron chi connectivity index (χ0n) is 28.1. The Labute approximate surface area is 271 Å². The molecule has 2 bridgehead atoms. The van der Waals surface area contributed by atoms with Crippen molar-refractivity contribution in [1.29, 1.82) is 0 Å². The van der Waals surface area contributed by atoms with Crippen LogP contribution in [0.1, 0.15) is 79.3 Å². The average molecular weight is 637 g/mol. The molecule has 3 aliphatic rings. The first kappa shape index (κ1) is 33.5. The van der Waals surface area contributed by atoms with E-state index >= 15 is 0 Å². The minimum Gasteiger partial charge on any atom is -0.497 e. The Morgan fingerprint density at radius 2 is 1.91 bits per heavy atom. The summed E-state index contributed by atoms with van der Waals surface area (Å²) in [5.41, 5.74) is 1.20. The van der Waals surface area contributed by atoms with Crippen LogP contribution in [0.3, 0.4) is 0 Å². The van der Waals surface area contributed by atoms with E-state index in [1.807, 2.05) is 59.8 Å². The zero-order valence-corrected chi connectivity index (χ0v) is 28.1. The van der Waals surface area contributed by atoms with Gasteiger partial charge in [-0.25, -0.2) is 19.6 Å². The molecule has 250 valence electrons. The van der Waals surface area contributed by atoms with Crippen LogP contribution in [0.4, 0.5) is 4.79 Å². The summed E-state index contributed by atoms with van der Waals surface area (Å²) < 4.78 is 23.5. The minimum atomic E-state index is -0.945. The highest BCUT2D eigenvalue weighted by molar-refractivity contribution is 5.91. The van der Waals surface area contributed by atoms with Crippen molar-refractivity contribution in [2.24, 2.45) is 23.2 Å². The zero-order chi connectivity index (χ0) is 33.2. The lowest BCUT2D eigenvalue weighted by atomic mass is 9.85. The monoisotopic (exact) mass is 636 g/mol. The van der Waals surface area contributed by atoms with Crippen LogP contribution in [0.15, 0.2) is 24.3 Å². The second-order valence-corrected chi connectivity index (χ2v) is 14.2. The maximum absolute atomic E-state index is 14.4. The maximum Gasteiger partial charge on any atom is 0.408 e. The molecule has 1 saturated heterocycles. The van der Waals surface area contributed by atoms with E-state index in [-0.39, 0.29) is 31.1 Å². The first-order valence-corrected chi connectivity index (χ1v) is 16.5. The number of rotatable bonds is 5. The van der Waals surface area contributed by atoms with Crippen LogP contribution in [0.25, 0.3) is 17.1 Å². The summed E-state index contributed by atoms with van der Waals surface area (Å²) in [7, 11) is 1.60. The molecule has 2 amide bonds. The van der Waals surface area contributed by atoms with Crippen molar-refractivity contribution >= 4 is 35.1 Å². The molecule has 11 heteroatoms. The molecule has 0 spiro atoms. The van der Waals surface area contributed by atoms with Crippen molar-refractivity contribution in [2.75, 3.05) is 20.3 Å². The Kier molecular flexibility index (Phi) is 10.1. The van der Waals surface area contributed by atoms with Crippen molar-refractivity contribution < 1.29 is 33.3 Å². The van der Waals surface area contributed by atoms with Gasteiger partial charge in [0.05, 0.1) is 31.3 Å². The molecule has 3 heterocycles. The Hall–Kier alpha value is -3.89. The van der Waals surface area contributed by atoms with Gasteiger partial charge in [0.25, 0.3) is 0 Å². The number of nitrogens with one attached hydrogen (secondary N) is 1. The van der Waals surface area contributed by atoms with Crippen LogP contribution in [0.2, 0.25) is 0 Å². The van der Waals surface area contributed by atoms with Crippen LogP contribution >= 0.6 is 0 Å². The number of methoxy groups -OCH3 is 1. The standard InChI is InChI=1S/C35H48N4O7/c1-8-23-28-18-39(29(23)33(41)44-19-20(2)3)32(40)30(35(4,5)6)38-34(42)46-27-16-21(27)12-10-9-11-13-25-31(45-28)37-26-17-22(43-7)14-15-24(26)36-25/h11,13-15,17,20-21,23,27-30H,8-10,12,16,18-19H2,1-7H3,(H,38,42). The van der Waals surface area contributed by atoms with Gasteiger partial charge in [0.2, 0.25) is 11.8 Å². The van der Waals surface area contributed by atoms with Crippen LogP contribution in [0, 0.1) is 23.2 Å². The quantitative estimate of drug-likeness (QED) is 0.420. The SMILES string of the molecule is CCC1C2CN(C(=O)C(C(C)(C)C)NC(=O)OC3CC3CCCC=Cc3nc4ccc(OC)cc4nc3O2)C1C(=O)OCC(C)C. The van der Waals surface area contributed by atoms with E-state index in [1.165, 1.54) is 4.90 Å². The summed E-state index contributed by atoms with van der Waals surface area (Å²) in [4.78, 5) is 52.5. The Bertz CT molecular complexity index is 1470. The Morgan fingerprint density at radius 3 is 2.61 bits per heavy atom. The second kappa shape index (κ2) is 13.8. The minimum absolute atomic E-state index is 0.105. The van der Waals surface area contributed by atoms with Crippen LogP contribution in [0.5, 0.6) is 11.6 Å². The van der Waals surface area contributed by atoms with E-state index in [0.717, 1.165) is 25.7 Å². The lowest BCUT2D eigenvalue weighted by Crippen LogP contribution is -2.57. The topological polar surface area (TPSA) is 129 Å². The number of amides is 2. The number of allylic oxidation sites excluding steroid dienone is 1. The number of nitrogens with zero attached hydrogens (tertiary/aromatic N) is 3. The van der Waals surface area contributed by atoms with Gasteiger partial charge in [0, 0.05) is 12.0 Å². The van der Waals surface area contributed by atoms with Gasteiger partial charge < -0.3 is 29.2 Å². The van der Waals surface area contributed by atoms with Gasteiger partial charge in [-0.2, -0.15) is 0 Å². The molecule has 1 aromatic carbocycles. The number of aromatic nitrogens is 2. The van der Waals surface area contributed by atoms with Gasteiger partial charge >= 0.3 is 12.1 Å². The maximum atomic E-state index is 14.4. The number of alkyl carbamates (subject to hydrolysis) is 1. The van der Waals surface area contributed by atoms with Crippen molar-refractivity contribution in [2.45, 2.75) is 97.9 Å². The molecule has 0 radical (unpaired) electrons. The van der Waals surface area contributed by atoms with E-state index in [2.05, 4.69) is 11.4 Å². The molecule has 1 saturated carbocycles. The van der Waals surface area contributed by atoms with Crippen LogP contribution in [-0.2, 0) is 19.1 Å². The number of esters is 1. The number of hydrogen-bond donors (Lipinski definition) is 1. The van der Waals surface area contributed by atoms with Crippen LogP contribution in [-0.4, -0.2) is 77.4 Å². The fourth-order valence-corrected chi connectivity index (χ4v) is 6.31. The van der Waals surface area contributed by atoms with Crippen molar-refractivity contribution in [3.8, 4) is 11.6 Å². The molecule has 11 nitrogen and oxygen atoms in total. The highest BCUT2D eigenvalue weighted by Crippen LogP contribution is 2.39. The van der Waals surface area contributed by atoms with Crippen molar-refractivity contribution in [3.63, 3.8) is 0 Å². The molecule has 6 unspecified atom stereocenters. The van der Waals surface area contributed by atoms with E-state index in [4.69, 9.17) is 28.9 Å². The van der Waals surface area contributed by atoms with Gasteiger partial charge in [0.1, 0.15) is 35.7 Å². The molecule has 6 atom stereocenters. The van der Waals surface area contributed by atoms with Gasteiger partial charge in [-0.05, 0) is 67.6 Å². The normalized spacial score (nSPS) is 27.1. The third kappa shape index (κ3) is 7.56. The Balaban J connectivity index is 1.57. The highest BCUT2D eigenvalue weighted by Gasteiger charge is 2.52. The van der Waals surface area contributed by atoms with Gasteiger partial charge in [0.15, 0.2) is 0 Å². The number of carbonyl (C=O) groups excluding carboxylic acids is 3. The predicted molar refractivity (Wildman–Crippen MR) is 173 cm³/mol. The molecule has 1 aromatic heterocycles. The first-order valence-electron chi connectivity index (χ1n) is 16.5. The predicted octanol–water partition coefficient (Wildman–Crippen LogP) is 5.55. The van der Waals surface area contributed by atoms with E-state index < -0.39 is 41.6 Å². The van der Waals surface area contributed by atoms with Crippen LogP contribution < -0.4 is 14.8 Å². The Morgan fingerprint density at radius 1 is 1.13 bits per heavy atom. The van der Waals surface area contributed by atoms with Crippen molar-refractivity contribution in [3.05, 3.63) is 30.0 Å². The highest BCUT2D eigenvalue weighted by atomic mass is 16.6. The number of ether oxygens (including phenoxy) is 4. The smallest absolute Gasteiger partial charge is 0.408 e. The fraction of sp³-hybridized carbons (Fsp3) is 0.629. The molecule has 46 heavy (non-hydrogen) atoms. The average Bonchev–Trinajstić information content (AvgIpc) is 3.63. The van der Waals surface area contributed by atoms with E-state index in [9.17, 15) is 14.4 Å². The number of benzene rings is 1. The summed E-state index contributed by atoms with van der Waals surface area (Å²) in [6.07, 6.45) is 6.61. The van der Waals surface area contributed by atoms with Gasteiger partial charge in [-0.3, -0.25) is 4.79 Å². The molecule has 2 aromatic rings. The third-order valence-corrected chi connectivity index (χ3v) is 8.99. The molecular weight excluding hydrogens is 588 g/mol. The molecule has 5 rings (SSSR count). The van der Waals surface area contributed by atoms with Gasteiger partial charge in [-0.1, -0.05) is 47.6 Å². The summed E-state index contributed by atoms with van der Waals surface area (Å²) in [6, 6.07) is 3.65. The molecule has 1 aliphatic carbocycles. The van der Waals surface area contributed by atoms with E-state index in [0.29, 0.717) is 40.7 Å². The summed E-state index contributed by atoms with van der Waals surface area (Å²) >= 11 is 0. The summed E-state index contributed by atoms with van der Waals surface area (Å²) in [5.74, 6) is 0.105. The molecular formula is C35H48N4O7. The lowest BCUT2D eigenvalue weighted by Gasteiger charge is -2.35. The number of carbonyl (C=O) groups is 3. The second-order valence-electron chi connectivity index (χ2n) is 14.2. The fourth-order valence-electron chi connectivity index (χ4n) is 6.31. The molecule has 2 aliphatic heterocycles. The van der Waals surface area contributed by atoms with Crippen molar-refractivity contribution in [1.82, 2.24) is 20.2 Å². The number of fused-ring (bicyclic) bond motifs is 5. The first-order chi connectivity index (χ1) is 21.9. The molecule has 2 fully saturated rings. The van der Waals surface area contributed by atoms with E-state index in [1.54, 1.807) is 13.2 Å². The molecule has 1 N–H and O–H groups in total. The number of hydrogen-bond acceptors (Lipinski definition) is 9.